The van der Waals surface area contributed by atoms with Gasteiger partial charge in [0.15, 0.2) is 0 Å². The van der Waals surface area contributed by atoms with Gasteiger partial charge in [-0.3, -0.25) is 14.9 Å². The molecule has 1 N–H and O–H groups in total. The summed E-state index contributed by atoms with van der Waals surface area (Å²) in [6.07, 6.45) is 1.21. The molecule has 0 bridgehead atoms. The number of rotatable bonds is 5. The van der Waals surface area contributed by atoms with Crippen molar-refractivity contribution in [2.24, 2.45) is 5.10 Å². The number of hydrogen-bond donors (Lipinski definition) is 1. The number of hydrazone groups is 1. The van der Waals surface area contributed by atoms with Gasteiger partial charge in [0, 0.05) is 6.07 Å². The lowest BCUT2D eigenvalue weighted by Gasteiger charge is -2.06. The SMILES string of the molecule is O=C(Cc1cccc2ccccc12)N/N=C\c1cc([O-])ccc1[N+](=O)[O-]. The van der Waals surface area contributed by atoms with Crippen LogP contribution in [0, 0.1) is 10.1 Å². The highest BCUT2D eigenvalue weighted by Gasteiger charge is 2.11. The molecule has 0 aromatic heterocycles. The van der Waals surface area contributed by atoms with E-state index < -0.39 is 4.92 Å². The van der Waals surface area contributed by atoms with Gasteiger partial charge in [-0.25, -0.2) is 5.43 Å². The third kappa shape index (κ3) is 3.84. The molecule has 0 aliphatic carbocycles. The summed E-state index contributed by atoms with van der Waals surface area (Å²) in [6, 6.07) is 16.7. The molecule has 3 aromatic carbocycles. The van der Waals surface area contributed by atoms with Gasteiger partial charge in [-0.2, -0.15) is 5.10 Å². The molecular weight excluding hydrogens is 334 g/mol. The zero-order chi connectivity index (χ0) is 18.5. The summed E-state index contributed by atoms with van der Waals surface area (Å²) < 4.78 is 0. The molecule has 0 radical (unpaired) electrons. The second kappa shape index (κ2) is 7.43. The van der Waals surface area contributed by atoms with E-state index in [1.165, 1.54) is 0 Å². The van der Waals surface area contributed by atoms with Crippen LogP contribution >= 0.6 is 0 Å². The van der Waals surface area contributed by atoms with Gasteiger partial charge in [-0.15, -0.1) is 5.75 Å². The number of carbonyl (C=O) groups is 1. The lowest BCUT2D eigenvalue weighted by atomic mass is 10.0. The minimum Gasteiger partial charge on any atom is -0.872 e. The average molecular weight is 348 g/mol. The maximum Gasteiger partial charge on any atom is 0.278 e. The van der Waals surface area contributed by atoms with Crippen molar-refractivity contribution in [2.75, 3.05) is 0 Å². The van der Waals surface area contributed by atoms with Gasteiger partial charge in [0.2, 0.25) is 5.91 Å². The number of nitro benzene ring substituents is 1. The van der Waals surface area contributed by atoms with Gasteiger partial charge < -0.3 is 5.11 Å². The predicted molar refractivity (Wildman–Crippen MR) is 95.9 cm³/mol. The van der Waals surface area contributed by atoms with E-state index in [2.05, 4.69) is 10.5 Å². The minimum absolute atomic E-state index is 0.0351. The minimum atomic E-state index is -0.612. The molecule has 1 amide bonds. The van der Waals surface area contributed by atoms with Gasteiger partial charge in [-0.1, -0.05) is 54.6 Å². The van der Waals surface area contributed by atoms with E-state index in [0.717, 1.165) is 40.7 Å². The Kier molecular flexibility index (Phi) is 4.89. The zero-order valence-electron chi connectivity index (χ0n) is 13.6. The number of hydrogen-bond acceptors (Lipinski definition) is 5. The molecule has 26 heavy (non-hydrogen) atoms. The number of amides is 1. The number of carbonyl (C=O) groups excluding carboxylic acids is 1. The van der Waals surface area contributed by atoms with Gasteiger partial charge in [0.05, 0.1) is 23.1 Å². The van der Waals surface area contributed by atoms with Crippen molar-refractivity contribution in [2.45, 2.75) is 6.42 Å². The maximum absolute atomic E-state index is 12.1. The van der Waals surface area contributed by atoms with Crippen LogP contribution in [0.1, 0.15) is 11.1 Å². The number of nitrogens with one attached hydrogen (secondary N) is 1. The van der Waals surface area contributed by atoms with Crippen LogP contribution in [-0.2, 0) is 11.2 Å². The Hall–Kier alpha value is -3.74. The quantitative estimate of drug-likeness (QED) is 0.434. The van der Waals surface area contributed by atoms with Crippen LogP contribution in [0.2, 0.25) is 0 Å². The normalized spacial score (nSPS) is 10.9. The molecule has 7 nitrogen and oxygen atoms in total. The first-order valence-electron chi connectivity index (χ1n) is 7.78. The summed E-state index contributed by atoms with van der Waals surface area (Å²) in [5.41, 5.74) is 2.97. The Bertz CT molecular complexity index is 1010. The Morgan fingerprint density at radius 1 is 1.12 bits per heavy atom. The molecule has 3 aromatic rings. The van der Waals surface area contributed by atoms with E-state index in [4.69, 9.17) is 0 Å². The van der Waals surface area contributed by atoms with Crippen molar-refractivity contribution in [3.8, 4) is 5.75 Å². The fourth-order valence-electron chi connectivity index (χ4n) is 2.64. The van der Waals surface area contributed by atoms with Gasteiger partial charge in [-0.05, 0) is 16.3 Å². The summed E-state index contributed by atoms with van der Waals surface area (Å²) in [6.45, 7) is 0. The predicted octanol–water partition coefficient (Wildman–Crippen LogP) is 2.51. The smallest absolute Gasteiger partial charge is 0.278 e. The fraction of sp³-hybridized carbons (Fsp3) is 0.0526. The monoisotopic (exact) mass is 348 g/mol. The molecule has 0 heterocycles. The summed E-state index contributed by atoms with van der Waals surface area (Å²) >= 11 is 0. The molecular formula is C19H14N3O4-. The van der Waals surface area contributed by atoms with Crippen molar-refractivity contribution in [1.29, 1.82) is 0 Å². The largest absolute Gasteiger partial charge is 0.872 e. The van der Waals surface area contributed by atoms with E-state index in [9.17, 15) is 20.0 Å². The summed E-state index contributed by atoms with van der Waals surface area (Å²) in [5.74, 6) is -0.738. The summed E-state index contributed by atoms with van der Waals surface area (Å²) in [4.78, 5) is 22.4. The Morgan fingerprint density at radius 3 is 2.69 bits per heavy atom. The van der Waals surface area contributed by atoms with Crippen molar-refractivity contribution in [3.05, 3.63) is 81.9 Å². The highest BCUT2D eigenvalue weighted by Crippen LogP contribution is 2.20. The van der Waals surface area contributed by atoms with E-state index in [0.29, 0.717) is 0 Å². The third-order valence-electron chi connectivity index (χ3n) is 3.82. The number of fused-ring (bicyclic) bond motifs is 1. The van der Waals surface area contributed by atoms with Crippen LogP contribution in [0.15, 0.2) is 65.8 Å². The molecule has 130 valence electrons. The molecule has 3 rings (SSSR count). The van der Waals surface area contributed by atoms with Crippen LogP contribution in [-0.4, -0.2) is 17.0 Å². The number of nitro groups is 1. The molecule has 0 fully saturated rings. The van der Waals surface area contributed by atoms with Crippen molar-refractivity contribution in [3.63, 3.8) is 0 Å². The molecule has 0 spiro atoms. The molecule has 0 atom stereocenters. The average Bonchev–Trinajstić information content (AvgIpc) is 2.62. The van der Waals surface area contributed by atoms with Crippen molar-refractivity contribution >= 4 is 28.6 Å². The van der Waals surface area contributed by atoms with Crippen molar-refractivity contribution in [1.82, 2.24) is 5.43 Å². The molecule has 0 aliphatic rings. The van der Waals surface area contributed by atoms with E-state index >= 15 is 0 Å². The third-order valence-corrected chi connectivity index (χ3v) is 3.82. The first-order valence-corrected chi connectivity index (χ1v) is 7.78. The second-order valence-corrected chi connectivity index (χ2v) is 5.59. The highest BCUT2D eigenvalue weighted by atomic mass is 16.6. The lowest BCUT2D eigenvalue weighted by Crippen LogP contribution is -2.20. The lowest BCUT2D eigenvalue weighted by molar-refractivity contribution is -0.385. The second-order valence-electron chi connectivity index (χ2n) is 5.59. The molecule has 7 heteroatoms. The van der Waals surface area contributed by atoms with E-state index in [1.807, 2.05) is 42.5 Å². The summed E-state index contributed by atoms with van der Waals surface area (Å²) in [5, 5.41) is 28.0. The maximum atomic E-state index is 12.1. The Balaban J connectivity index is 1.72. The first kappa shape index (κ1) is 17.1. The molecule has 0 aliphatic heterocycles. The van der Waals surface area contributed by atoms with Gasteiger partial charge in [0.1, 0.15) is 0 Å². The van der Waals surface area contributed by atoms with E-state index in [-0.39, 0.29) is 29.3 Å². The molecule has 0 unspecified atom stereocenters. The van der Waals surface area contributed by atoms with E-state index in [1.54, 1.807) is 0 Å². The standard InChI is InChI=1S/C19H15N3O4/c23-16-8-9-18(22(25)26)15(10-16)12-20-21-19(24)11-14-6-3-5-13-4-1-2-7-17(13)14/h1-10,12,23H,11H2,(H,21,24)/p-1/b20-12-. The topological polar surface area (TPSA) is 108 Å². The first-order chi connectivity index (χ1) is 12.5. The van der Waals surface area contributed by atoms with Crippen molar-refractivity contribution < 1.29 is 14.8 Å². The summed E-state index contributed by atoms with van der Waals surface area (Å²) in [7, 11) is 0. The van der Waals surface area contributed by atoms with Crippen LogP contribution in [0.5, 0.6) is 5.75 Å². The highest BCUT2D eigenvalue weighted by molar-refractivity contribution is 5.91. The molecule has 0 saturated heterocycles. The van der Waals surface area contributed by atoms with Gasteiger partial charge >= 0.3 is 0 Å². The Morgan fingerprint density at radius 2 is 1.88 bits per heavy atom. The zero-order valence-corrected chi connectivity index (χ0v) is 13.6. The fourth-order valence-corrected chi connectivity index (χ4v) is 2.64. The van der Waals surface area contributed by atoms with Crippen LogP contribution in [0.25, 0.3) is 10.8 Å². The van der Waals surface area contributed by atoms with Crippen LogP contribution in [0.3, 0.4) is 0 Å². The van der Waals surface area contributed by atoms with Gasteiger partial charge in [0.25, 0.3) is 5.69 Å². The molecule has 0 saturated carbocycles. The number of benzene rings is 3. The van der Waals surface area contributed by atoms with Crippen LogP contribution in [0.4, 0.5) is 5.69 Å². The number of nitrogens with zero attached hydrogens (tertiary/aromatic N) is 2. The Labute approximate surface area is 148 Å². The van der Waals surface area contributed by atoms with Crippen LogP contribution < -0.4 is 10.5 Å².